The molecule has 1 saturated carbocycles. The van der Waals surface area contributed by atoms with Crippen LogP contribution in [0.15, 0.2) is 42.5 Å². The lowest BCUT2D eigenvalue weighted by Gasteiger charge is -2.17. The molecule has 0 aliphatic heterocycles. The van der Waals surface area contributed by atoms with E-state index >= 15 is 0 Å². The summed E-state index contributed by atoms with van der Waals surface area (Å²) in [4.78, 5) is 24.0. The first kappa shape index (κ1) is 36.8. The van der Waals surface area contributed by atoms with Gasteiger partial charge in [-0.1, -0.05) is 58.9 Å². The van der Waals surface area contributed by atoms with Gasteiger partial charge < -0.3 is 20.7 Å². The van der Waals surface area contributed by atoms with Crippen molar-refractivity contribution in [2.45, 2.75) is 98.1 Å². The maximum atomic E-state index is 13.3. The van der Waals surface area contributed by atoms with Gasteiger partial charge in [0.15, 0.2) is 5.78 Å². The first-order chi connectivity index (χ1) is 20.3. The van der Waals surface area contributed by atoms with Crippen LogP contribution in [0.2, 0.25) is 0 Å². The first-order valence-electron chi connectivity index (χ1n) is 15.5. The van der Waals surface area contributed by atoms with Crippen LogP contribution in [0.5, 0.6) is 5.75 Å². The number of carbonyl (C=O) groups is 2. The number of benzene rings is 2. The number of ketones is 1. The van der Waals surface area contributed by atoms with Gasteiger partial charge in [-0.3, -0.25) is 9.59 Å². The number of likely N-dealkylation sites (N-methyl/N-ethyl adjacent to an activating group) is 1. The average molecular weight is 582 g/mol. The molecule has 1 aliphatic rings. The Kier molecular flexibility index (Phi) is 18.1. The minimum atomic E-state index is -0.655. The molecule has 1 aliphatic carbocycles. The van der Waals surface area contributed by atoms with E-state index in [1.54, 1.807) is 13.0 Å². The SMILES string of the molecule is C#CCC(NC(=O)CCCCOc1cc(C)cc(F)c1)C(=O)CNCC.CC.CCNC1(c2cccc(CC)c2)CC1. The molecule has 42 heavy (non-hydrogen) atoms. The standard InChI is InChI=1S/C20H27FN2O3.C13H19N.C2H6/c1-4-8-18(19(24)14-22-5-2)23-20(25)9-6-7-10-26-17-12-15(3)11-16(21)13-17;1-3-11-6-5-7-12(10-11)13(8-9-13)14-4-2;1-2/h1,11-13,18,22H,5-10,14H2,2-3H3,(H,23,25);5-7,10,14H,3-4,8-9H2,1-2H3;1-2H3. The molecule has 1 unspecified atom stereocenters. The normalized spacial score (nSPS) is 13.3. The van der Waals surface area contributed by atoms with Gasteiger partial charge in [0, 0.05) is 24.4 Å². The molecular weight excluding hydrogens is 529 g/mol. The van der Waals surface area contributed by atoms with Crippen LogP contribution in [-0.4, -0.2) is 44.0 Å². The molecule has 0 saturated heterocycles. The molecule has 7 heteroatoms. The van der Waals surface area contributed by atoms with Crippen molar-refractivity contribution in [1.82, 2.24) is 16.0 Å². The molecule has 0 aromatic heterocycles. The predicted octanol–water partition coefficient (Wildman–Crippen LogP) is 6.24. The van der Waals surface area contributed by atoms with E-state index in [2.05, 4.69) is 60.0 Å². The van der Waals surface area contributed by atoms with Crippen LogP contribution in [0.4, 0.5) is 4.39 Å². The molecule has 6 nitrogen and oxygen atoms in total. The van der Waals surface area contributed by atoms with E-state index in [9.17, 15) is 14.0 Å². The molecule has 1 atom stereocenters. The zero-order valence-corrected chi connectivity index (χ0v) is 26.6. The molecule has 0 radical (unpaired) electrons. The summed E-state index contributed by atoms with van der Waals surface area (Å²) in [6.07, 6.45) is 10.7. The number of ether oxygens (including phenoxy) is 1. The van der Waals surface area contributed by atoms with Gasteiger partial charge >= 0.3 is 0 Å². The molecule has 3 N–H and O–H groups in total. The molecule has 3 rings (SSSR count). The molecule has 2 aromatic carbocycles. The van der Waals surface area contributed by atoms with Crippen LogP contribution in [0.1, 0.15) is 89.8 Å². The fourth-order valence-electron chi connectivity index (χ4n) is 4.48. The van der Waals surface area contributed by atoms with Crippen molar-refractivity contribution < 1.29 is 18.7 Å². The number of halogens is 1. The van der Waals surface area contributed by atoms with Crippen molar-refractivity contribution >= 4 is 11.7 Å². The van der Waals surface area contributed by atoms with E-state index in [1.165, 1.54) is 36.1 Å². The summed E-state index contributed by atoms with van der Waals surface area (Å²) in [7, 11) is 0. The highest BCUT2D eigenvalue weighted by Crippen LogP contribution is 2.45. The minimum Gasteiger partial charge on any atom is -0.493 e. The second-order valence-corrected chi connectivity index (χ2v) is 10.2. The van der Waals surface area contributed by atoms with Crippen LogP contribution in [0, 0.1) is 25.1 Å². The molecule has 232 valence electrons. The van der Waals surface area contributed by atoms with E-state index in [0.29, 0.717) is 37.3 Å². The lowest BCUT2D eigenvalue weighted by Crippen LogP contribution is -2.44. The second-order valence-electron chi connectivity index (χ2n) is 10.2. The Hall–Kier alpha value is -3.21. The van der Waals surface area contributed by atoms with Crippen LogP contribution in [0.3, 0.4) is 0 Å². The van der Waals surface area contributed by atoms with E-state index < -0.39 is 6.04 Å². The number of carbonyl (C=O) groups excluding carboxylic acids is 2. The Labute approximate surface area is 253 Å². The Balaban J connectivity index is 0.000000459. The minimum absolute atomic E-state index is 0.122. The van der Waals surface area contributed by atoms with Crippen molar-refractivity contribution in [1.29, 1.82) is 0 Å². The number of hydrogen-bond donors (Lipinski definition) is 3. The smallest absolute Gasteiger partial charge is 0.220 e. The van der Waals surface area contributed by atoms with Gasteiger partial charge in [0.1, 0.15) is 11.6 Å². The first-order valence-corrected chi connectivity index (χ1v) is 15.5. The van der Waals surface area contributed by atoms with Gasteiger partial charge in [-0.15, -0.1) is 12.3 Å². The van der Waals surface area contributed by atoms with E-state index in [-0.39, 0.29) is 36.9 Å². The van der Waals surface area contributed by atoms with Gasteiger partial charge in [0.05, 0.1) is 19.2 Å². The van der Waals surface area contributed by atoms with Gasteiger partial charge in [0.25, 0.3) is 0 Å². The summed E-state index contributed by atoms with van der Waals surface area (Å²) in [5.74, 6) is 2.24. The number of rotatable bonds is 16. The second kappa shape index (κ2) is 20.6. The van der Waals surface area contributed by atoms with Crippen LogP contribution >= 0.6 is 0 Å². The van der Waals surface area contributed by atoms with Gasteiger partial charge in [0.2, 0.25) is 5.91 Å². The fourth-order valence-corrected chi connectivity index (χ4v) is 4.48. The summed E-state index contributed by atoms with van der Waals surface area (Å²) < 4.78 is 18.7. The average Bonchev–Trinajstić information content (AvgIpc) is 3.77. The number of hydrogen-bond acceptors (Lipinski definition) is 5. The Bertz CT molecular complexity index is 1100. The van der Waals surface area contributed by atoms with E-state index in [0.717, 1.165) is 18.5 Å². The third-order valence-corrected chi connectivity index (χ3v) is 6.83. The third kappa shape index (κ3) is 13.6. The van der Waals surface area contributed by atoms with Crippen LogP contribution < -0.4 is 20.7 Å². The van der Waals surface area contributed by atoms with Crippen molar-refractivity contribution in [3.63, 3.8) is 0 Å². The van der Waals surface area contributed by atoms with Crippen molar-refractivity contribution in [3.05, 3.63) is 65.0 Å². The highest BCUT2D eigenvalue weighted by molar-refractivity contribution is 5.90. The molecule has 0 bridgehead atoms. The number of aryl methyl sites for hydroxylation is 2. The maximum Gasteiger partial charge on any atom is 0.220 e. The zero-order valence-electron chi connectivity index (χ0n) is 26.6. The van der Waals surface area contributed by atoms with Gasteiger partial charge in [-0.05, 0) is 80.9 Å². The number of amides is 1. The number of unbranched alkanes of at least 4 members (excludes halogenated alkanes) is 1. The predicted molar refractivity (Wildman–Crippen MR) is 171 cm³/mol. The molecule has 2 aromatic rings. The molecule has 1 amide bonds. The van der Waals surface area contributed by atoms with Gasteiger partial charge in [-0.2, -0.15) is 0 Å². The lowest BCUT2D eigenvalue weighted by molar-refractivity contribution is -0.127. The topological polar surface area (TPSA) is 79.5 Å². The highest BCUT2D eigenvalue weighted by atomic mass is 19.1. The molecule has 0 heterocycles. The van der Waals surface area contributed by atoms with E-state index in [4.69, 9.17) is 11.2 Å². The summed E-state index contributed by atoms with van der Waals surface area (Å²) >= 11 is 0. The van der Waals surface area contributed by atoms with Crippen molar-refractivity contribution in [3.8, 4) is 18.1 Å². The Morgan fingerprint density at radius 2 is 1.81 bits per heavy atom. The summed E-state index contributed by atoms with van der Waals surface area (Å²) in [6, 6.07) is 12.9. The highest BCUT2D eigenvalue weighted by Gasteiger charge is 2.43. The van der Waals surface area contributed by atoms with Crippen LogP contribution in [-0.2, 0) is 21.5 Å². The summed E-state index contributed by atoms with van der Waals surface area (Å²) in [6.45, 7) is 14.4. The number of terminal acetylenes is 1. The third-order valence-electron chi connectivity index (χ3n) is 6.83. The summed E-state index contributed by atoms with van der Waals surface area (Å²) in [5.41, 5.74) is 4.06. The number of Topliss-reactive ketones (excluding diaryl/α,β-unsaturated/α-hetero) is 1. The molecule has 0 spiro atoms. The number of nitrogens with one attached hydrogen (secondary N) is 3. The fraction of sp³-hybridized carbons (Fsp3) is 0.543. The molecule has 1 fully saturated rings. The quantitative estimate of drug-likeness (QED) is 0.162. The largest absolute Gasteiger partial charge is 0.493 e. The van der Waals surface area contributed by atoms with Crippen molar-refractivity contribution in [2.24, 2.45) is 0 Å². The Morgan fingerprint density at radius 1 is 1.07 bits per heavy atom. The maximum absolute atomic E-state index is 13.3. The van der Waals surface area contributed by atoms with Gasteiger partial charge in [-0.25, -0.2) is 4.39 Å². The van der Waals surface area contributed by atoms with Crippen molar-refractivity contribution in [2.75, 3.05) is 26.2 Å². The molecular formula is C35H52FN3O3. The monoisotopic (exact) mass is 581 g/mol. The Morgan fingerprint density at radius 3 is 2.40 bits per heavy atom. The zero-order chi connectivity index (χ0) is 31.4. The summed E-state index contributed by atoms with van der Waals surface area (Å²) in [5, 5.41) is 9.22. The lowest BCUT2D eigenvalue weighted by atomic mass is 10.0. The van der Waals surface area contributed by atoms with Crippen LogP contribution in [0.25, 0.3) is 0 Å². The van der Waals surface area contributed by atoms with E-state index in [1.807, 2.05) is 20.8 Å².